The summed E-state index contributed by atoms with van der Waals surface area (Å²) in [6.45, 7) is 2.85. The fourth-order valence-electron chi connectivity index (χ4n) is 2.54. The number of furan rings is 1. The molecule has 0 amide bonds. The second-order valence-corrected chi connectivity index (χ2v) is 5.31. The molecule has 3 aromatic heterocycles. The van der Waals surface area contributed by atoms with E-state index >= 15 is 0 Å². The van der Waals surface area contributed by atoms with Gasteiger partial charge in [0.15, 0.2) is 11.4 Å². The summed E-state index contributed by atoms with van der Waals surface area (Å²) in [7, 11) is 0. The summed E-state index contributed by atoms with van der Waals surface area (Å²) < 4.78 is 11.4. The van der Waals surface area contributed by atoms with Crippen molar-refractivity contribution in [2.45, 2.75) is 0 Å². The van der Waals surface area contributed by atoms with Crippen LogP contribution in [-0.2, 0) is 4.74 Å². The molecule has 7 heteroatoms. The number of aromatic nitrogens is 3. The van der Waals surface area contributed by atoms with Gasteiger partial charge in [-0.15, -0.1) is 0 Å². The zero-order valence-electron chi connectivity index (χ0n) is 11.7. The summed E-state index contributed by atoms with van der Waals surface area (Å²) in [4.78, 5) is 14.7. The van der Waals surface area contributed by atoms with E-state index in [1.54, 1.807) is 12.4 Å². The molecule has 0 atom stereocenters. The van der Waals surface area contributed by atoms with Crippen molar-refractivity contribution in [1.29, 1.82) is 0 Å². The van der Waals surface area contributed by atoms with Crippen LogP contribution in [0.5, 0.6) is 0 Å². The van der Waals surface area contributed by atoms with Crippen LogP contribution in [0.4, 0.5) is 5.82 Å². The minimum absolute atomic E-state index is 0.219. The molecule has 0 saturated carbocycles. The maximum absolute atomic E-state index is 6.07. The highest BCUT2D eigenvalue weighted by Crippen LogP contribution is 2.32. The Hall–Kier alpha value is -2.18. The normalized spacial score (nSPS) is 15.4. The number of nitrogens with zero attached hydrogens (tertiary/aromatic N) is 4. The predicted octanol–water partition coefficient (Wildman–Crippen LogP) is 2.77. The van der Waals surface area contributed by atoms with Gasteiger partial charge in [0, 0.05) is 37.1 Å². The Morgan fingerprint density at radius 3 is 2.64 bits per heavy atom. The lowest BCUT2D eigenvalue weighted by Crippen LogP contribution is -2.36. The van der Waals surface area contributed by atoms with Gasteiger partial charge in [0.05, 0.1) is 13.2 Å². The molecule has 22 heavy (non-hydrogen) atoms. The van der Waals surface area contributed by atoms with Gasteiger partial charge >= 0.3 is 0 Å². The van der Waals surface area contributed by atoms with Gasteiger partial charge in [-0.3, -0.25) is 4.98 Å². The number of pyridine rings is 1. The lowest BCUT2D eigenvalue weighted by molar-refractivity contribution is 0.122. The number of hydrogen-bond donors (Lipinski definition) is 0. The molecule has 3 aromatic rings. The zero-order valence-corrected chi connectivity index (χ0v) is 12.5. The fourth-order valence-corrected chi connectivity index (χ4v) is 2.71. The van der Waals surface area contributed by atoms with Gasteiger partial charge in [0.1, 0.15) is 11.3 Å². The predicted molar refractivity (Wildman–Crippen MR) is 83.1 cm³/mol. The maximum atomic E-state index is 6.07. The number of hydrogen-bond acceptors (Lipinski definition) is 6. The van der Waals surface area contributed by atoms with Crippen LogP contribution in [0.2, 0.25) is 5.28 Å². The molecule has 0 aliphatic carbocycles. The second-order valence-electron chi connectivity index (χ2n) is 4.98. The van der Waals surface area contributed by atoms with Crippen LogP contribution < -0.4 is 4.90 Å². The molecule has 0 unspecified atom stereocenters. The van der Waals surface area contributed by atoms with E-state index in [9.17, 15) is 0 Å². The molecular weight excluding hydrogens is 304 g/mol. The molecule has 4 rings (SSSR count). The van der Waals surface area contributed by atoms with Crippen molar-refractivity contribution in [2.24, 2.45) is 0 Å². The third-order valence-corrected chi connectivity index (χ3v) is 3.77. The Morgan fingerprint density at radius 2 is 1.86 bits per heavy atom. The van der Waals surface area contributed by atoms with Crippen molar-refractivity contribution in [3.05, 3.63) is 35.9 Å². The van der Waals surface area contributed by atoms with E-state index in [0.29, 0.717) is 24.3 Å². The van der Waals surface area contributed by atoms with Crippen LogP contribution >= 0.6 is 11.6 Å². The van der Waals surface area contributed by atoms with Crippen LogP contribution in [0.25, 0.3) is 22.4 Å². The number of morpholine rings is 1. The van der Waals surface area contributed by atoms with Crippen LogP contribution in [0.15, 0.2) is 35.0 Å². The molecule has 0 N–H and O–H groups in total. The van der Waals surface area contributed by atoms with Crippen LogP contribution in [0.1, 0.15) is 0 Å². The van der Waals surface area contributed by atoms with E-state index in [-0.39, 0.29) is 5.28 Å². The molecule has 0 bridgehead atoms. The number of ether oxygens (including phenoxy) is 1. The second kappa shape index (κ2) is 5.55. The smallest absolute Gasteiger partial charge is 0.225 e. The topological polar surface area (TPSA) is 64.3 Å². The quantitative estimate of drug-likeness (QED) is 0.677. The summed E-state index contributed by atoms with van der Waals surface area (Å²) in [5, 5.41) is 0.219. The first-order chi connectivity index (χ1) is 10.8. The Morgan fingerprint density at radius 1 is 1.09 bits per heavy atom. The van der Waals surface area contributed by atoms with Crippen molar-refractivity contribution < 1.29 is 9.15 Å². The van der Waals surface area contributed by atoms with Gasteiger partial charge in [-0.2, -0.15) is 4.98 Å². The van der Waals surface area contributed by atoms with E-state index in [1.165, 1.54) is 0 Å². The van der Waals surface area contributed by atoms with E-state index in [4.69, 9.17) is 20.8 Å². The van der Waals surface area contributed by atoms with Crippen molar-refractivity contribution in [2.75, 3.05) is 31.2 Å². The lowest BCUT2D eigenvalue weighted by Gasteiger charge is -2.27. The lowest BCUT2D eigenvalue weighted by atomic mass is 10.2. The molecule has 4 heterocycles. The van der Waals surface area contributed by atoms with E-state index in [0.717, 1.165) is 30.2 Å². The first kappa shape index (κ1) is 13.5. The highest BCUT2D eigenvalue weighted by Gasteiger charge is 2.20. The number of rotatable bonds is 2. The summed E-state index contributed by atoms with van der Waals surface area (Å²) in [6, 6.07) is 5.66. The Kier molecular flexibility index (Phi) is 3.40. The SMILES string of the molecule is Clc1nc(N2CCOCC2)c2oc(-c3ccncc3)cc2n1. The molecule has 112 valence electrons. The maximum Gasteiger partial charge on any atom is 0.225 e. The summed E-state index contributed by atoms with van der Waals surface area (Å²) in [5.41, 5.74) is 2.29. The molecule has 1 fully saturated rings. The van der Waals surface area contributed by atoms with Gasteiger partial charge in [-0.05, 0) is 23.7 Å². The van der Waals surface area contributed by atoms with Crippen LogP contribution in [-0.4, -0.2) is 41.3 Å². The summed E-state index contributed by atoms with van der Waals surface area (Å²) in [6.07, 6.45) is 3.45. The van der Waals surface area contributed by atoms with Crippen molar-refractivity contribution in [3.63, 3.8) is 0 Å². The monoisotopic (exact) mass is 316 g/mol. The minimum atomic E-state index is 0.219. The molecular formula is C15H13ClN4O2. The van der Waals surface area contributed by atoms with Crippen molar-refractivity contribution in [3.8, 4) is 11.3 Å². The van der Waals surface area contributed by atoms with Crippen LogP contribution in [0.3, 0.4) is 0 Å². The summed E-state index contributed by atoms with van der Waals surface area (Å²) >= 11 is 6.07. The van der Waals surface area contributed by atoms with Gasteiger partial charge in [0.2, 0.25) is 5.28 Å². The fraction of sp³-hybridized carbons (Fsp3) is 0.267. The molecule has 6 nitrogen and oxygen atoms in total. The first-order valence-corrected chi connectivity index (χ1v) is 7.39. The third-order valence-electron chi connectivity index (χ3n) is 3.60. The largest absolute Gasteiger partial charge is 0.450 e. The zero-order chi connectivity index (χ0) is 14.9. The van der Waals surface area contributed by atoms with Gasteiger partial charge < -0.3 is 14.1 Å². The highest BCUT2D eigenvalue weighted by molar-refractivity contribution is 6.28. The molecule has 1 saturated heterocycles. The standard InChI is InChI=1S/C15H13ClN4O2/c16-15-18-11-9-12(10-1-3-17-4-2-10)22-13(11)14(19-15)20-5-7-21-8-6-20/h1-4,9H,5-8H2. The average molecular weight is 317 g/mol. The third kappa shape index (κ3) is 2.40. The Bertz CT molecular complexity index is 800. The molecule has 0 spiro atoms. The number of halogens is 1. The molecule has 1 aliphatic heterocycles. The van der Waals surface area contributed by atoms with E-state index < -0.39 is 0 Å². The Labute approximate surface area is 131 Å². The Balaban J connectivity index is 1.84. The first-order valence-electron chi connectivity index (χ1n) is 7.01. The van der Waals surface area contributed by atoms with Crippen molar-refractivity contribution in [1.82, 2.24) is 15.0 Å². The van der Waals surface area contributed by atoms with Crippen LogP contribution in [0, 0.1) is 0 Å². The van der Waals surface area contributed by atoms with Gasteiger partial charge in [-0.25, -0.2) is 4.98 Å². The highest BCUT2D eigenvalue weighted by atomic mass is 35.5. The van der Waals surface area contributed by atoms with Gasteiger partial charge in [0.25, 0.3) is 0 Å². The van der Waals surface area contributed by atoms with E-state index in [1.807, 2.05) is 18.2 Å². The molecule has 0 aromatic carbocycles. The molecule has 0 radical (unpaired) electrons. The number of anilines is 1. The van der Waals surface area contributed by atoms with Crippen molar-refractivity contribution >= 4 is 28.5 Å². The number of fused-ring (bicyclic) bond motifs is 1. The average Bonchev–Trinajstić information content (AvgIpc) is 2.99. The van der Waals surface area contributed by atoms with Gasteiger partial charge in [-0.1, -0.05) is 0 Å². The van der Waals surface area contributed by atoms with E-state index in [2.05, 4.69) is 19.9 Å². The molecule has 1 aliphatic rings. The minimum Gasteiger partial charge on any atom is -0.450 e. The summed E-state index contributed by atoms with van der Waals surface area (Å²) in [5.74, 6) is 1.45.